The van der Waals surface area contributed by atoms with Crippen molar-refractivity contribution in [2.75, 3.05) is 0 Å². The molecule has 0 aliphatic heterocycles. The van der Waals surface area contributed by atoms with Gasteiger partial charge in [-0.05, 0) is 95.0 Å². The number of hydrogen-bond acceptors (Lipinski definition) is 4. The molecule has 5 heteroatoms. The zero-order valence-corrected chi connectivity index (χ0v) is 27.2. The summed E-state index contributed by atoms with van der Waals surface area (Å²) in [5, 5.41) is 2.45. The van der Waals surface area contributed by atoms with Crippen molar-refractivity contribution in [1.82, 2.24) is 14.5 Å². The normalized spacial score (nSPS) is 13.4. The fourth-order valence-corrected chi connectivity index (χ4v) is 7.12. The molecule has 0 amide bonds. The molecule has 0 radical (unpaired) electrons. The molecule has 0 saturated carbocycles. The maximum Gasteiger partial charge on any atom is 0.228 e. The highest BCUT2D eigenvalue weighted by Crippen LogP contribution is 2.43. The van der Waals surface area contributed by atoms with Gasteiger partial charge in [0.05, 0.1) is 27.7 Å². The summed E-state index contributed by atoms with van der Waals surface area (Å²) in [6, 6.07) is 36.6. The molecule has 4 heterocycles. The Morgan fingerprint density at radius 3 is 2.19 bits per heavy atom. The fourth-order valence-electron chi connectivity index (χ4n) is 7.12. The lowest BCUT2D eigenvalue weighted by atomic mass is 9.88. The van der Waals surface area contributed by atoms with E-state index in [1.54, 1.807) is 18.2 Å². The van der Waals surface area contributed by atoms with Crippen molar-refractivity contribution in [1.29, 1.82) is 0 Å². The Kier molecular flexibility index (Phi) is 5.65. The minimum absolute atomic E-state index is 0.228. The molecule has 9 aromatic rings. The van der Waals surface area contributed by atoms with Crippen LogP contribution >= 0.6 is 0 Å². The average Bonchev–Trinajstić information content (AvgIpc) is 3.80. The van der Waals surface area contributed by atoms with E-state index in [-0.39, 0.29) is 17.4 Å². The molecule has 0 aliphatic rings. The first-order chi connectivity index (χ1) is 24.6. The second-order valence-electron chi connectivity index (χ2n) is 13.2. The van der Waals surface area contributed by atoms with Gasteiger partial charge in [-0.15, -0.1) is 0 Å². The number of aryl methyl sites for hydroxylation is 1. The molecular weight excluding hydrogens is 590 g/mol. The van der Waals surface area contributed by atoms with Crippen molar-refractivity contribution in [3.8, 4) is 28.2 Å². The van der Waals surface area contributed by atoms with Crippen LogP contribution in [-0.4, -0.2) is 14.5 Å². The third-order valence-corrected chi connectivity index (χ3v) is 9.46. The van der Waals surface area contributed by atoms with Gasteiger partial charge in [-0.3, -0.25) is 4.57 Å². The largest absolute Gasteiger partial charge is 0.454 e. The summed E-state index contributed by atoms with van der Waals surface area (Å²) in [5.74, 6) is 1.27. The Bertz CT molecular complexity index is 2780. The first kappa shape index (κ1) is 25.4. The maximum atomic E-state index is 7.83. The van der Waals surface area contributed by atoms with Crippen LogP contribution in [0.3, 0.4) is 0 Å². The Hall–Kier alpha value is -5.68. The Balaban J connectivity index is 1.31. The van der Waals surface area contributed by atoms with E-state index in [0.29, 0.717) is 28.0 Å². The molecule has 0 bridgehead atoms. The quantitative estimate of drug-likeness (QED) is 0.190. The number of aromatic nitrogens is 3. The van der Waals surface area contributed by atoms with Crippen LogP contribution < -0.4 is 0 Å². The Morgan fingerprint density at radius 2 is 1.42 bits per heavy atom. The van der Waals surface area contributed by atoms with Crippen LogP contribution in [0.1, 0.15) is 60.3 Å². The zero-order valence-electron chi connectivity index (χ0n) is 30.2. The SMILES string of the molecule is [2H]C([2H])([2H])c1ccc2c(c1)oc1cc3c(nc12)oc1c(-c2nc4ccccc4n2-c2c(C(C)C)cc(-c4ccccc4)cc2C(C)C)cccc13. The molecular formula is C43H35N3O2. The summed E-state index contributed by atoms with van der Waals surface area (Å²) in [6.07, 6.45) is 0. The van der Waals surface area contributed by atoms with E-state index < -0.39 is 6.85 Å². The van der Waals surface area contributed by atoms with Crippen molar-refractivity contribution >= 4 is 55.2 Å². The number of rotatable bonds is 5. The summed E-state index contributed by atoms with van der Waals surface area (Å²) in [7, 11) is 0. The number of benzene rings is 5. The minimum Gasteiger partial charge on any atom is -0.454 e. The van der Waals surface area contributed by atoms with Gasteiger partial charge in [0.1, 0.15) is 22.5 Å². The molecule has 4 aromatic heterocycles. The highest BCUT2D eigenvalue weighted by atomic mass is 16.3. The first-order valence-electron chi connectivity index (χ1n) is 18.0. The first-order valence-corrected chi connectivity index (χ1v) is 16.5. The van der Waals surface area contributed by atoms with E-state index in [0.717, 1.165) is 44.3 Å². The number of para-hydroxylation sites is 3. The van der Waals surface area contributed by atoms with Gasteiger partial charge in [0, 0.05) is 14.9 Å². The van der Waals surface area contributed by atoms with E-state index in [1.165, 1.54) is 22.3 Å². The highest BCUT2D eigenvalue weighted by molar-refractivity contribution is 6.13. The Morgan fingerprint density at radius 1 is 0.646 bits per heavy atom. The van der Waals surface area contributed by atoms with Gasteiger partial charge in [-0.2, -0.15) is 0 Å². The number of hydrogen-bond donors (Lipinski definition) is 0. The van der Waals surface area contributed by atoms with Crippen LogP contribution in [0.5, 0.6) is 0 Å². The van der Waals surface area contributed by atoms with Crippen LogP contribution in [0, 0.1) is 6.85 Å². The second-order valence-corrected chi connectivity index (χ2v) is 13.2. The Labute approximate surface area is 282 Å². The molecule has 9 rings (SSSR count). The number of imidazole rings is 1. The van der Waals surface area contributed by atoms with Crippen LogP contribution in [0.4, 0.5) is 0 Å². The van der Waals surface area contributed by atoms with Crippen LogP contribution in [0.2, 0.25) is 0 Å². The van der Waals surface area contributed by atoms with Gasteiger partial charge in [0.15, 0.2) is 5.58 Å². The predicted molar refractivity (Wildman–Crippen MR) is 197 cm³/mol. The molecule has 0 saturated heterocycles. The minimum atomic E-state index is -2.23. The second kappa shape index (κ2) is 10.7. The molecule has 0 fully saturated rings. The fraction of sp³-hybridized carbons (Fsp3) is 0.163. The van der Waals surface area contributed by atoms with Gasteiger partial charge >= 0.3 is 0 Å². The lowest BCUT2D eigenvalue weighted by molar-refractivity contribution is 0.652. The van der Waals surface area contributed by atoms with Crippen molar-refractivity contribution < 1.29 is 12.9 Å². The zero-order chi connectivity index (χ0) is 35.2. The molecule has 0 spiro atoms. The summed E-state index contributed by atoms with van der Waals surface area (Å²) in [6.45, 7) is 6.79. The molecule has 0 N–H and O–H groups in total. The van der Waals surface area contributed by atoms with Gasteiger partial charge in [0.2, 0.25) is 5.71 Å². The standard InChI is InChI=1S/C43H35N3O2/c1-24(2)32-21-28(27-12-7-6-8-13-27)22-33(25(3)4)40(32)46-36-17-10-9-16-35(36)44-42(46)31-15-11-14-29-34-23-38-39(45-43(34)48-41(29)31)30-19-18-26(5)20-37(30)47-38/h6-25H,1-5H3/i5D3. The van der Waals surface area contributed by atoms with Crippen molar-refractivity contribution in [3.63, 3.8) is 0 Å². The molecule has 234 valence electrons. The third kappa shape index (κ3) is 4.31. The summed E-state index contributed by atoms with van der Waals surface area (Å²) >= 11 is 0. The van der Waals surface area contributed by atoms with Crippen LogP contribution in [0.15, 0.2) is 118 Å². The monoisotopic (exact) mass is 628 g/mol. The summed E-state index contributed by atoms with van der Waals surface area (Å²) in [5.41, 5.74) is 11.9. The van der Waals surface area contributed by atoms with Gasteiger partial charge in [-0.1, -0.05) is 88.4 Å². The van der Waals surface area contributed by atoms with Crippen LogP contribution in [0.25, 0.3) is 83.4 Å². The highest BCUT2D eigenvalue weighted by Gasteiger charge is 2.26. The van der Waals surface area contributed by atoms with E-state index >= 15 is 0 Å². The molecule has 5 aromatic carbocycles. The number of pyridine rings is 1. The van der Waals surface area contributed by atoms with Crippen molar-refractivity contribution in [2.45, 2.75) is 46.4 Å². The van der Waals surface area contributed by atoms with E-state index in [2.05, 4.69) is 99.0 Å². The smallest absolute Gasteiger partial charge is 0.228 e. The van der Waals surface area contributed by atoms with Gasteiger partial charge < -0.3 is 8.83 Å². The number of nitrogens with zero attached hydrogens (tertiary/aromatic N) is 3. The van der Waals surface area contributed by atoms with Crippen LogP contribution in [-0.2, 0) is 0 Å². The van der Waals surface area contributed by atoms with Crippen molar-refractivity contribution in [2.24, 2.45) is 0 Å². The number of furan rings is 2. The number of fused-ring (bicyclic) bond motifs is 7. The predicted octanol–water partition coefficient (Wildman–Crippen LogP) is 12.1. The summed E-state index contributed by atoms with van der Waals surface area (Å²) in [4.78, 5) is 10.2. The lowest BCUT2D eigenvalue weighted by Gasteiger charge is -2.24. The van der Waals surface area contributed by atoms with E-state index in [4.69, 9.17) is 22.9 Å². The topological polar surface area (TPSA) is 57.0 Å². The molecule has 0 aliphatic carbocycles. The molecule has 0 unspecified atom stereocenters. The maximum absolute atomic E-state index is 7.83. The average molecular weight is 629 g/mol. The lowest BCUT2D eigenvalue weighted by Crippen LogP contribution is -2.09. The molecule has 5 nitrogen and oxygen atoms in total. The van der Waals surface area contributed by atoms with Gasteiger partial charge in [-0.25, -0.2) is 9.97 Å². The third-order valence-electron chi connectivity index (χ3n) is 9.46. The van der Waals surface area contributed by atoms with Crippen molar-refractivity contribution in [3.05, 3.63) is 126 Å². The van der Waals surface area contributed by atoms with E-state index in [1.807, 2.05) is 24.3 Å². The molecule has 48 heavy (non-hydrogen) atoms. The van der Waals surface area contributed by atoms with Gasteiger partial charge in [0.25, 0.3) is 0 Å². The van der Waals surface area contributed by atoms with E-state index in [9.17, 15) is 0 Å². The summed E-state index contributed by atoms with van der Waals surface area (Å²) < 4.78 is 38.7. The molecule has 0 atom stereocenters.